The second kappa shape index (κ2) is 9.90. The predicted molar refractivity (Wildman–Crippen MR) is 123 cm³/mol. The number of phenolic OH excluding ortho intramolecular Hbond substituents is 1. The van der Waals surface area contributed by atoms with E-state index in [4.69, 9.17) is 9.47 Å². The van der Waals surface area contributed by atoms with E-state index in [0.29, 0.717) is 28.8 Å². The van der Waals surface area contributed by atoms with Crippen molar-refractivity contribution in [3.8, 4) is 17.2 Å². The zero-order chi connectivity index (χ0) is 24.2. The molecular weight excluding hydrogens is 450 g/mol. The highest BCUT2D eigenvalue weighted by molar-refractivity contribution is 7.91. The van der Waals surface area contributed by atoms with Crippen LogP contribution in [-0.4, -0.2) is 49.0 Å². The van der Waals surface area contributed by atoms with Gasteiger partial charge in [-0.15, -0.1) is 0 Å². The first kappa shape index (κ1) is 24.1. The fourth-order valence-corrected chi connectivity index (χ4v) is 4.15. The van der Waals surface area contributed by atoms with Gasteiger partial charge in [-0.05, 0) is 30.7 Å². The van der Waals surface area contributed by atoms with E-state index >= 15 is 0 Å². The third-order valence-corrected chi connectivity index (χ3v) is 6.85. The molecule has 0 aliphatic heterocycles. The minimum absolute atomic E-state index is 0.0129. The molecule has 3 aromatic rings. The van der Waals surface area contributed by atoms with Crippen LogP contribution < -0.4 is 20.3 Å². The van der Waals surface area contributed by atoms with Crippen molar-refractivity contribution < 1.29 is 27.8 Å². The topological polar surface area (TPSA) is 137 Å². The molecule has 0 saturated carbocycles. The Kier molecular flexibility index (Phi) is 7.22. The molecule has 0 aliphatic carbocycles. The molecule has 1 amide bonds. The minimum Gasteiger partial charge on any atom is -0.506 e. The molecule has 0 unspecified atom stereocenters. The van der Waals surface area contributed by atoms with Crippen LogP contribution in [-0.2, 0) is 21.2 Å². The number of amides is 1. The van der Waals surface area contributed by atoms with Gasteiger partial charge in [0.25, 0.3) is 5.56 Å². The van der Waals surface area contributed by atoms with E-state index in [0.717, 1.165) is 0 Å². The third-order valence-electron chi connectivity index (χ3n) is 5.11. The molecule has 2 aromatic carbocycles. The average Bonchev–Trinajstić information content (AvgIpc) is 2.81. The molecule has 1 heterocycles. The first-order chi connectivity index (χ1) is 15.7. The number of sulfone groups is 1. The van der Waals surface area contributed by atoms with E-state index in [1.807, 2.05) is 0 Å². The Bertz CT molecular complexity index is 1350. The van der Waals surface area contributed by atoms with Gasteiger partial charge in [-0.3, -0.25) is 14.2 Å². The SMILES string of the molecule is CCS(=O)(=O)c1ccc(O)c(NC(=O)CCCn2cnc3cc(OC)c(OC)cc3c2=O)c1. The quantitative estimate of drug-likeness (QED) is 0.450. The zero-order valence-electron chi connectivity index (χ0n) is 18.5. The Balaban J connectivity index is 1.69. The molecule has 0 fully saturated rings. The molecule has 176 valence electrons. The van der Waals surface area contributed by atoms with Crippen LogP contribution in [0.5, 0.6) is 17.2 Å². The number of methoxy groups -OCH3 is 2. The number of aromatic nitrogens is 2. The number of hydrogen-bond donors (Lipinski definition) is 2. The number of nitrogens with zero attached hydrogens (tertiary/aromatic N) is 2. The Morgan fingerprint density at radius 3 is 2.52 bits per heavy atom. The fourth-order valence-electron chi connectivity index (χ4n) is 3.24. The van der Waals surface area contributed by atoms with Gasteiger partial charge in [-0.2, -0.15) is 0 Å². The molecule has 0 atom stereocenters. The summed E-state index contributed by atoms with van der Waals surface area (Å²) in [5, 5.41) is 12.8. The highest BCUT2D eigenvalue weighted by Crippen LogP contribution is 2.30. The van der Waals surface area contributed by atoms with E-state index in [1.54, 1.807) is 12.1 Å². The van der Waals surface area contributed by atoms with Crippen LogP contribution in [0, 0.1) is 0 Å². The number of aryl methyl sites for hydroxylation is 1. The normalized spacial score (nSPS) is 11.4. The summed E-state index contributed by atoms with van der Waals surface area (Å²) in [6.45, 7) is 1.75. The van der Waals surface area contributed by atoms with Gasteiger partial charge in [0.2, 0.25) is 5.91 Å². The maximum Gasteiger partial charge on any atom is 0.261 e. The predicted octanol–water partition coefficient (Wildman–Crippen LogP) is 2.33. The van der Waals surface area contributed by atoms with E-state index in [-0.39, 0.29) is 40.6 Å². The number of aromatic hydroxyl groups is 1. The summed E-state index contributed by atoms with van der Waals surface area (Å²) < 4.78 is 35.9. The van der Waals surface area contributed by atoms with Crippen molar-refractivity contribution in [2.45, 2.75) is 31.2 Å². The molecule has 0 saturated heterocycles. The molecule has 11 heteroatoms. The Morgan fingerprint density at radius 2 is 1.85 bits per heavy atom. The van der Waals surface area contributed by atoms with Gasteiger partial charge < -0.3 is 19.9 Å². The summed E-state index contributed by atoms with van der Waals surface area (Å²) in [6, 6.07) is 6.92. The van der Waals surface area contributed by atoms with Gasteiger partial charge in [0, 0.05) is 19.0 Å². The fraction of sp³-hybridized carbons (Fsp3) is 0.318. The molecule has 0 bridgehead atoms. The minimum atomic E-state index is -3.48. The van der Waals surface area contributed by atoms with Gasteiger partial charge in [0.15, 0.2) is 21.3 Å². The average molecular weight is 476 g/mol. The summed E-state index contributed by atoms with van der Waals surface area (Å²) in [5.41, 5.74) is 0.195. The second-order valence-electron chi connectivity index (χ2n) is 7.20. The van der Waals surface area contributed by atoms with E-state index in [1.165, 1.54) is 50.2 Å². The van der Waals surface area contributed by atoms with Gasteiger partial charge in [0.05, 0.1) is 47.8 Å². The van der Waals surface area contributed by atoms with Crippen molar-refractivity contribution in [2.24, 2.45) is 0 Å². The lowest BCUT2D eigenvalue weighted by Crippen LogP contribution is -2.22. The van der Waals surface area contributed by atoms with Crippen LogP contribution in [0.25, 0.3) is 10.9 Å². The van der Waals surface area contributed by atoms with Gasteiger partial charge in [0.1, 0.15) is 5.75 Å². The van der Waals surface area contributed by atoms with Crippen molar-refractivity contribution in [1.82, 2.24) is 9.55 Å². The number of carbonyl (C=O) groups excluding carboxylic acids is 1. The van der Waals surface area contributed by atoms with Crippen molar-refractivity contribution in [2.75, 3.05) is 25.3 Å². The Labute approximate surface area is 190 Å². The molecule has 33 heavy (non-hydrogen) atoms. The molecule has 0 aliphatic rings. The summed E-state index contributed by atoms with van der Waals surface area (Å²) >= 11 is 0. The van der Waals surface area contributed by atoms with E-state index < -0.39 is 15.7 Å². The third kappa shape index (κ3) is 5.25. The number of anilines is 1. The summed E-state index contributed by atoms with van der Waals surface area (Å²) in [4.78, 5) is 29.4. The monoisotopic (exact) mass is 475 g/mol. The smallest absolute Gasteiger partial charge is 0.261 e. The second-order valence-corrected chi connectivity index (χ2v) is 9.48. The van der Waals surface area contributed by atoms with Crippen molar-refractivity contribution in [1.29, 1.82) is 0 Å². The van der Waals surface area contributed by atoms with Crippen molar-refractivity contribution >= 4 is 32.3 Å². The number of carbonyl (C=O) groups is 1. The maximum atomic E-state index is 12.8. The van der Waals surface area contributed by atoms with Crippen molar-refractivity contribution in [3.05, 3.63) is 47.0 Å². The van der Waals surface area contributed by atoms with E-state index in [2.05, 4.69) is 10.3 Å². The number of hydrogen-bond acceptors (Lipinski definition) is 8. The van der Waals surface area contributed by atoms with Crippen LogP contribution in [0.2, 0.25) is 0 Å². The lowest BCUT2D eigenvalue weighted by Gasteiger charge is -2.11. The highest BCUT2D eigenvalue weighted by atomic mass is 32.2. The number of fused-ring (bicyclic) bond motifs is 1. The molecule has 0 radical (unpaired) electrons. The number of rotatable bonds is 9. The Hall–Kier alpha value is -3.60. The maximum absolute atomic E-state index is 12.8. The summed E-state index contributed by atoms with van der Waals surface area (Å²) in [5.74, 6) is 0.110. The highest BCUT2D eigenvalue weighted by Gasteiger charge is 2.16. The van der Waals surface area contributed by atoms with Gasteiger partial charge >= 0.3 is 0 Å². The zero-order valence-corrected chi connectivity index (χ0v) is 19.3. The molecule has 2 N–H and O–H groups in total. The summed E-state index contributed by atoms with van der Waals surface area (Å²) in [7, 11) is -0.513. The van der Waals surface area contributed by atoms with Gasteiger partial charge in [-0.1, -0.05) is 6.92 Å². The van der Waals surface area contributed by atoms with Crippen LogP contribution >= 0.6 is 0 Å². The molecular formula is C22H25N3O7S. The lowest BCUT2D eigenvalue weighted by atomic mass is 10.2. The lowest BCUT2D eigenvalue weighted by molar-refractivity contribution is -0.116. The standard InChI is InChI=1S/C22H25N3O7S/c1-4-33(29,30)14-7-8-18(26)17(10-14)24-21(27)6-5-9-25-13-23-16-12-20(32-3)19(31-2)11-15(16)22(25)28/h7-8,10-13,26H,4-6,9H2,1-3H3,(H,24,27). The van der Waals surface area contributed by atoms with Crippen LogP contribution in [0.4, 0.5) is 5.69 Å². The van der Waals surface area contributed by atoms with Gasteiger partial charge in [-0.25, -0.2) is 13.4 Å². The number of ether oxygens (including phenoxy) is 2. The first-order valence-corrected chi connectivity index (χ1v) is 11.8. The molecule has 10 nitrogen and oxygen atoms in total. The number of benzene rings is 2. The van der Waals surface area contributed by atoms with Crippen molar-refractivity contribution in [3.63, 3.8) is 0 Å². The first-order valence-electron chi connectivity index (χ1n) is 10.2. The number of phenols is 1. The van der Waals surface area contributed by atoms with Crippen LogP contribution in [0.3, 0.4) is 0 Å². The van der Waals surface area contributed by atoms with Crippen LogP contribution in [0.15, 0.2) is 46.3 Å². The molecule has 0 spiro atoms. The molecule has 1 aromatic heterocycles. The molecule has 3 rings (SSSR count). The Morgan fingerprint density at radius 1 is 1.15 bits per heavy atom. The summed E-state index contributed by atoms with van der Waals surface area (Å²) in [6.07, 6.45) is 1.76. The number of nitrogens with one attached hydrogen (secondary N) is 1. The largest absolute Gasteiger partial charge is 0.506 e. The van der Waals surface area contributed by atoms with E-state index in [9.17, 15) is 23.1 Å². The van der Waals surface area contributed by atoms with Crippen LogP contribution in [0.1, 0.15) is 19.8 Å².